The standard InChI is InChI=1S/C27H36N5O8PSi2/c1-7-37-41(35,38-8-2)14-13-18(27(3,4)26(39-42-5)40-43-6)15-36-31-17-30-21-22(31)28-16-29-23(21)32-24(33)19-11-9-10-12-20(19)25(32)34/h9-12,16-18,26H,7-8,13-15H2,1-6H3. The summed E-state index contributed by atoms with van der Waals surface area (Å²) in [5.74, 6) is -1.13. The summed E-state index contributed by atoms with van der Waals surface area (Å²) in [7, 11) is -2.93. The van der Waals surface area contributed by atoms with Crippen LogP contribution in [0.2, 0.25) is 13.1 Å². The molecule has 2 aromatic heterocycles. The number of benzene rings is 1. The number of amides is 2. The predicted molar refractivity (Wildman–Crippen MR) is 161 cm³/mol. The molecule has 230 valence electrons. The van der Waals surface area contributed by atoms with Gasteiger partial charge in [-0.15, -0.1) is 0 Å². The van der Waals surface area contributed by atoms with Crippen molar-refractivity contribution in [2.45, 2.75) is 53.5 Å². The fourth-order valence-corrected chi connectivity index (χ4v) is 7.87. The van der Waals surface area contributed by atoms with Crippen molar-refractivity contribution in [1.82, 2.24) is 19.7 Å². The van der Waals surface area contributed by atoms with Crippen molar-refractivity contribution in [3.8, 4) is 0 Å². The molecule has 13 nitrogen and oxygen atoms in total. The normalized spacial score (nSPS) is 14.6. The van der Waals surface area contributed by atoms with Crippen LogP contribution in [0.25, 0.3) is 11.2 Å². The van der Waals surface area contributed by atoms with Crippen molar-refractivity contribution in [2.24, 2.45) is 11.3 Å². The second kappa shape index (κ2) is 14.3. The van der Waals surface area contributed by atoms with Crippen LogP contribution in [-0.4, -0.2) is 83.3 Å². The highest BCUT2D eigenvalue weighted by molar-refractivity contribution is 7.53. The van der Waals surface area contributed by atoms with Crippen LogP contribution >= 0.6 is 7.60 Å². The SMILES string of the molecule is CCOP(=O)(CCC(COn1cnc2c(N3C(=O)c4ccccc4C3=O)ncnc21)C(C)(C)C(O[Si]C)O[Si]C)OCC. The summed E-state index contributed by atoms with van der Waals surface area (Å²) in [6.45, 7) is 12.1. The Morgan fingerprint density at radius 1 is 0.953 bits per heavy atom. The second-order valence-corrected chi connectivity index (χ2v) is 13.7. The summed E-state index contributed by atoms with van der Waals surface area (Å²) in [5, 5.41) is 0. The molecule has 3 heterocycles. The molecule has 4 rings (SSSR count). The minimum Gasteiger partial charge on any atom is -0.410 e. The summed E-state index contributed by atoms with van der Waals surface area (Å²) in [6, 6.07) is 6.61. The van der Waals surface area contributed by atoms with Crippen molar-refractivity contribution < 1.29 is 36.9 Å². The molecule has 0 bridgehead atoms. The molecule has 0 aliphatic carbocycles. The van der Waals surface area contributed by atoms with Crippen LogP contribution < -0.4 is 9.74 Å². The van der Waals surface area contributed by atoms with Gasteiger partial charge in [0.15, 0.2) is 11.3 Å². The number of imidazole rings is 1. The molecule has 0 spiro atoms. The van der Waals surface area contributed by atoms with E-state index in [0.29, 0.717) is 17.5 Å². The van der Waals surface area contributed by atoms with Gasteiger partial charge in [0.2, 0.25) is 25.2 Å². The summed E-state index contributed by atoms with van der Waals surface area (Å²) in [5.41, 5.74) is 0.536. The summed E-state index contributed by atoms with van der Waals surface area (Å²) >= 11 is 0. The van der Waals surface area contributed by atoms with Crippen molar-refractivity contribution in [3.05, 3.63) is 48.0 Å². The Balaban J connectivity index is 1.62. The van der Waals surface area contributed by atoms with Crippen LogP contribution in [0.3, 0.4) is 0 Å². The number of carbonyl (C=O) groups excluding carboxylic acids is 2. The molecule has 1 aliphatic rings. The van der Waals surface area contributed by atoms with Gasteiger partial charge in [0, 0.05) is 11.3 Å². The number of imide groups is 1. The van der Waals surface area contributed by atoms with E-state index in [2.05, 4.69) is 15.0 Å². The van der Waals surface area contributed by atoms with E-state index in [4.69, 9.17) is 22.7 Å². The molecule has 0 saturated heterocycles. The zero-order valence-electron chi connectivity index (χ0n) is 25.1. The highest BCUT2D eigenvalue weighted by Gasteiger charge is 2.41. The van der Waals surface area contributed by atoms with E-state index < -0.39 is 31.1 Å². The molecule has 1 aliphatic heterocycles. The fourth-order valence-electron chi connectivity index (χ4n) is 4.89. The van der Waals surface area contributed by atoms with Gasteiger partial charge in [-0.1, -0.05) is 26.0 Å². The van der Waals surface area contributed by atoms with Crippen LogP contribution in [0.1, 0.15) is 54.8 Å². The highest BCUT2D eigenvalue weighted by Crippen LogP contribution is 2.50. The lowest BCUT2D eigenvalue weighted by molar-refractivity contribution is -0.118. The molecule has 16 heteroatoms. The Labute approximate surface area is 256 Å². The fraction of sp³-hybridized carbons (Fsp3) is 0.519. The molecule has 0 fully saturated rings. The van der Waals surface area contributed by atoms with Gasteiger partial charge in [0.25, 0.3) is 11.8 Å². The Kier molecular flexibility index (Phi) is 11.0. The number of anilines is 1. The van der Waals surface area contributed by atoms with Gasteiger partial charge >= 0.3 is 7.60 Å². The molecule has 0 saturated carbocycles. The van der Waals surface area contributed by atoms with E-state index in [0.717, 1.165) is 4.90 Å². The average molecular weight is 646 g/mol. The van der Waals surface area contributed by atoms with E-state index in [1.54, 1.807) is 38.1 Å². The Hall–Kier alpha value is -2.79. The third-order valence-electron chi connectivity index (χ3n) is 7.22. The first kappa shape index (κ1) is 33.1. The molecular weight excluding hydrogens is 609 g/mol. The van der Waals surface area contributed by atoms with Crippen LogP contribution in [0.4, 0.5) is 5.82 Å². The monoisotopic (exact) mass is 645 g/mol. The Bertz CT molecular complexity index is 1440. The molecule has 3 aromatic rings. The summed E-state index contributed by atoms with van der Waals surface area (Å²) < 4.78 is 37.8. The number of hydrogen-bond acceptors (Lipinski definition) is 11. The molecule has 4 radical (unpaired) electrons. The van der Waals surface area contributed by atoms with Crippen LogP contribution in [-0.2, 0) is 22.5 Å². The molecule has 1 aromatic carbocycles. The molecule has 1 atom stereocenters. The van der Waals surface area contributed by atoms with Gasteiger partial charge in [-0.3, -0.25) is 14.2 Å². The van der Waals surface area contributed by atoms with Crippen molar-refractivity contribution in [1.29, 1.82) is 0 Å². The van der Waals surface area contributed by atoms with Crippen LogP contribution in [0.5, 0.6) is 0 Å². The van der Waals surface area contributed by atoms with E-state index in [9.17, 15) is 14.2 Å². The maximum Gasteiger partial charge on any atom is 0.330 e. The topological polar surface area (TPSA) is 144 Å². The first-order chi connectivity index (χ1) is 20.6. The van der Waals surface area contributed by atoms with E-state index in [-0.39, 0.29) is 68.4 Å². The number of fused-ring (bicyclic) bond motifs is 2. The molecule has 0 N–H and O–H groups in total. The first-order valence-corrected chi connectivity index (χ1v) is 18.5. The molecule has 2 amide bonds. The number of nitrogens with zero attached hydrogens (tertiary/aromatic N) is 5. The predicted octanol–water partition coefficient (Wildman–Crippen LogP) is 4.05. The summed E-state index contributed by atoms with van der Waals surface area (Å²) in [4.78, 5) is 46.4. The maximum atomic E-state index is 13.3. The number of aromatic nitrogens is 4. The number of hydrogen-bond donors (Lipinski definition) is 0. The highest BCUT2D eigenvalue weighted by atomic mass is 31.2. The largest absolute Gasteiger partial charge is 0.410 e. The average Bonchev–Trinajstić information content (AvgIpc) is 3.51. The van der Waals surface area contributed by atoms with Gasteiger partial charge in [-0.25, -0.2) is 19.9 Å². The van der Waals surface area contributed by atoms with E-state index in [1.807, 2.05) is 26.9 Å². The van der Waals surface area contributed by atoms with Gasteiger partial charge in [0.05, 0.1) is 30.5 Å². The molecule has 1 unspecified atom stereocenters. The van der Waals surface area contributed by atoms with E-state index >= 15 is 0 Å². The summed E-state index contributed by atoms with van der Waals surface area (Å²) in [6.07, 6.45) is 2.75. The zero-order chi connectivity index (χ0) is 31.2. The van der Waals surface area contributed by atoms with Gasteiger partial charge < -0.3 is 22.7 Å². The molecular formula is C27H36N5O8PSi2. The minimum atomic E-state index is -3.32. The molecule has 43 heavy (non-hydrogen) atoms. The maximum absolute atomic E-state index is 13.3. The van der Waals surface area contributed by atoms with Gasteiger partial charge in [-0.2, -0.15) is 4.73 Å². The third-order valence-corrected chi connectivity index (χ3v) is 10.2. The number of rotatable bonds is 17. The lowest BCUT2D eigenvalue weighted by Gasteiger charge is -2.40. The van der Waals surface area contributed by atoms with Crippen molar-refractivity contribution in [2.75, 3.05) is 30.9 Å². The zero-order valence-corrected chi connectivity index (χ0v) is 28.0. The van der Waals surface area contributed by atoms with Crippen LogP contribution in [0, 0.1) is 11.3 Å². The van der Waals surface area contributed by atoms with E-state index in [1.165, 1.54) is 17.4 Å². The lowest BCUT2D eigenvalue weighted by atomic mass is 9.77. The van der Waals surface area contributed by atoms with Crippen molar-refractivity contribution in [3.63, 3.8) is 0 Å². The Morgan fingerprint density at radius 2 is 1.56 bits per heavy atom. The van der Waals surface area contributed by atoms with Crippen molar-refractivity contribution >= 4 is 55.9 Å². The van der Waals surface area contributed by atoms with Gasteiger partial charge in [-0.05, 0) is 45.5 Å². The van der Waals surface area contributed by atoms with Crippen LogP contribution in [0.15, 0.2) is 36.9 Å². The first-order valence-electron chi connectivity index (χ1n) is 13.9. The Morgan fingerprint density at radius 3 is 2.12 bits per heavy atom. The smallest absolute Gasteiger partial charge is 0.330 e. The third kappa shape index (κ3) is 6.98. The minimum absolute atomic E-state index is 0.0690. The van der Waals surface area contributed by atoms with Gasteiger partial charge in [0.1, 0.15) is 25.6 Å². The quantitative estimate of drug-likeness (QED) is 0.0908. The lowest BCUT2D eigenvalue weighted by Crippen LogP contribution is -2.44. The second-order valence-electron chi connectivity index (χ2n) is 10.2. The number of carbonyl (C=O) groups is 2.